The van der Waals surface area contributed by atoms with E-state index in [9.17, 15) is 4.79 Å². The monoisotopic (exact) mass is 208 g/mol. The van der Waals surface area contributed by atoms with Crippen LogP contribution in [0.3, 0.4) is 0 Å². The second kappa shape index (κ2) is 3.37. The largest absolute Gasteiger partial charge is 0.481 e. The molecule has 0 radical (unpaired) electrons. The Morgan fingerprint density at radius 3 is 2.20 bits per heavy atom. The smallest absolute Gasteiger partial charge is 0.310 e. The summed E-state index contributed by atoms with van der Waals surface area (Å²) < 4.78 is 0. The van der Waals surface area contributed by atoms with E-state index < -0.39 is 11.4 Å². The molecule has 0 aromatic rings. The number of hydrogen-bond donors (Lipinski definition) is 1. The zero-order chi connectivity index (χ0) is 8.36. The maximum absolute atomic E-state index is 10.6. The Kier molecular flexibility index (Phi) is 3.36. The van der Waals surface area contributed by atoms with Crippen LogP contribution < -0.4 is 0 Å². The molecule has 0 aromatic carbocycles. The van der Waals surface area contributed by atoms with Crippen LogP contribution in [0.2, 0.25) is 0 Å². The van der Waals surface area contributed by atoms with E-state index >= 15 is 0 Å². The number of hydrogen-bond acceptors (Lipinski definition) is 1. The molecule has 0 saturated carbocycles. The van der Waals surface area contributed by atoms with E-state index in [2.05, 4.69) is 15.9 Å². The molecule has 0 saturated heterocycles. The first-order valence-corrected chi connectivity index (χ1v) is 4.22. The van der Waals surface area contributed by atoms with Crippen molar-refractivity contribution in [1.29, 1.82) is 0 Å². The van der Waals surface area contributed by atoms with Crippen molar-refractivity contribution in [3.05, 3.63) is 0 Å². The molecular formula is C7H13BrO2. The highest BCUT2D eigenvalue weighted by Crippen LogP contribution is 2.29. The van der Waals surface area contributed by atoms with Gasteiger partial charge in [-0.05, 0) is 20.3 Å². The van der Waals surface area contributed by atoms with Crippen LogP contribution in [-0.4, -0.2) is 15.9 Å². The van der Waals surface area contributed by atoms with Crippen molar-refractivity contribution in [2.24, 2.45) is 5.41 Å². The predicted molar refractivity (Wildman–Crippen MR) is 44.4 cm³/mol. The number of halogens is 1. The lowest BCUT2D eigenvalue weighted by Crippen LogP contribution is -2.32. The van der Waals surface area contributed by atoms with Gasteiger partial charge >= 0.3 is 5.97 Å². The molecule has 1 N–H and O–H groups in total. The maximum atomic E-state index is 10.6. The van der Waals surface area contributed by atoms with E-state index in [4.69, 9.17) is 5.11 Å². The van der Waals surface area contributed by atoms with Crippen LogP contribution in [-0.2, 0) is 4.79 Å². The molecule has 0 fully saturated rings. The SMILES string of the molecule is CCC(Br)C(C)(C)C(=O)O. The molecule has 60 valence electrons. The lowest BCUT2D eigenvalue weighted by molar-refractivity contribution is -0.146. The van der Waals surface area contributed by atoms with E-state index in [1.165, 1.54) is 0 Å². The lowest BCUT2D eigenvalue weighted by Gasteiger charge is -2.24. The molecule has 1 unspecified atom stereocenters. The minimum atomic E-state index is -0.753. The van der Waals surface area contributed by atoms with Gasteiger partial charge in [-0.3, -0.25) is 4.79 Å². The first kappa shape index (κ1) is 9.95. The van der Waals surface area contributed by atoms with Gasteiger partial charge in [0.05, 0.1) is 5.41 Å². The average Bonchev–Trinajstić information content (AvgIpc) is 1.86. The summed E-state index contributed by atoms with van der Waals surface area (Å²) in [4.78, 5) is 10.6. The number of alkyl halides is 1. The van der Waals surface area contributed by atoms with Gasteiger partial charge in [0.25, 0.3) is 0 Å². The van der Waals surface area contributed by atoms with Crippen LogP contribution in [0.4, 0.5) is 0 Å². The van der Waals surface area contributed by atoms with Crippen LogP contribution >= 0.6 is 15.9 Å². The van der Waals surface area contributed by atoms with Gasteiger partial charge in [-0.15, -0.1) is 0 Å². The van der Waals surface area contributed by atoms with Crippen LogP contribution in [0.15, 0.2) is 0 Å². The molecular weight excluding hydrogens is 196 g/mol. The molecule has 2 nitrogen and oxygen atoms in total. The highest BCUT2D eigenvalue weighted by atomic mass is 79.9. The van der Waals surface area contributed by atoms with E-state index in [1.54, 1.807) is 13.8 Å². The fourth-order valence-electron chi connectivity index (χ4n) is 0.644. The molecule has 0 rings (SSSR count). The van der Waals surface area contributed by atoms with Crippen LogP contribution in [0.1, 0.15) is 27.2 Å². The average molecular weight is 209 g/mol. The Hall–Kier alpha value is -0.0500. The van der Waals surface area contributed by atoms with Crippen molar-refractivity contribution in [2.75, 3.05) is 0 Å². The van der Waals surface area contributed by atoms with E-state index in [-0.39, 0.29) is 4.83 Å². The van der Waals surface area contributed by atoms with Gasteiger partial charge in [-0.1, -0.05) is 22.9 Å². The third kappa shape index (κ3) is 1.97. The number of aliphatic carboxylic acids is 1. The highest BCUT2D eigenvalue weighted by molar-refractivity contribution is 9.09. The number of carboxylic acids is 1. The van der Waals surface area contributed by atoms with Gasteiger partial charge in [0.15, 0.2) is 0 Å². The van der Waals surface area contributed by atoms with E-state index in [0.29, 0.717) is 0 Å². The lowest BCUT2D eigenvalue weighted by atomic mass is 9.88. The molecule has 0 spiro atoms. The standard InChI is InChI=1S/C7H13BrO2/c1-4-5(8)7(2,3)6(9)10/h5H,4H2,1-3H3,(H,9,10). The molecule has 10 heavy (non-hydrogen) atoms. The normalized spacial score (nSPS) is 14.8. The molecule has 0 aliphatic carbocycles. The van der Waals surface area contributed by atoms with Gasteiger partial charge in [0.2, 0.25) is 0 Å². The fourth-order valence-corrected chi connectivity index (χ4v) is 0.840. The van der Waals surface area contributed by atoms with Crippen molar-refractivity contribution in [3.63, 3.8) is 0 Å². The zero-order valence-corrected chi connectivity index (χ0v) is 8.10. The Balaban J connectivity index is 4.23. The Morgan fingerprint density at radius 1 is 1.70 bits per heavy atom. The molecule has 0 aliphatic rings. The van der Waals surface area contributed by atoms with Crippen LogP contribution in [0.25, 0.3) is 0 Å². The summed E-state index contributed by atoms with van der Waals surface area (Å²) >= 11 is 3.32. The summed E-state index contributed by atoms with van der Waals surface area (Å²) in [6.45, 7) is 5.40. The van der Waals surface area contributed by atoms with Crippen molar-refractivity contribution in [2.45, 2.75) is 32.0 Å². The van der Waals surface area contributed by atoms with E-state index in [0.717, 1.165) is 6.42 Å². The van der Waals surface area contributed by atoms with Gasteiger partial charge in [0.1, 0.15) is 0 Å². The number of carboxylic acid groups (broad SMARTS) is 1. The minimum Gasteiger partial charge on any atom is -0.481 e. The van der Waals surface area contributed by atoms with Gasteiger partial charge in [-0.25, -0.2) is 0 Å². The quantitative estimate of drug-likeness (QED) is 0.724. The van der Waals surface area contributed by atoms with Gasteiger partial charge in [-0.2, -0.15) is 0 Å². The Bertz CT molecular complexity index is 132. The summed E-state index contributed by atoms with van der Waals surface area (Å²) in [6.07, 6.45) is 0.833. The second-order valence-corrected chi connectivity index (χ2v) is 4.01. The van der Waals surface area contributed by atoms with Crippen molar-refractivity contribution >= 4 is 21.9 Å². The summed E-state index contributed by atoms with van der Waals surface area (Å²) in [5, 5.41) is 8.71. The van der Waals surface area contributed by atoms with Crippen molar-refractivity contribution in [1.82, 2.24) is 0 Å². The van der Waals surface area contributed by atoms with Crippen molar-refractivity contribution in [3.8, 4) is 0 Å². The topological polar surface area (TPSA) is 37.3 Å². The van der Waals surface area contributed by atoms with Crippen LogP contribution in [0, 0.1) is 5.41 Å². The fraction of sp³-hybridized carbons (Fsp3) is 0.857. The molecule has 3 heteroatoms. The Labute approximate surface area is 69.8 Å². The zero-order valence-electron chi connectivity index (χ0n) is 6.52. The maximum Gasteiger partial charge on any atom is 0.310 e. The summed E-state index contributed by atoms with van der Waals surface area (Å²) in [7, 11) is 0. The minimum absolute atomic E-state index is 0.0532. The molecule has 0 aromatic heterocycles. The summed E-state index contributed by atoms with van der Waals surface area (Å²) in [5.41, 5.74) is -0.658. The van der Waals surface area contributed by atoms with Crippen LogP contribution in [0.5, 0.6) is 0 Å². The van der Waals surface area contributed by atoms with E-state index in [1.807, 2.05) is 6.92 Å². The number of carbonyl (C=O) groups is 1. The molecule has 0 heterocycles. The molecule has 0 amide bonds. The van der Waals surface area contributed by atoms with Gasteiger partial charge in [0, 0.05) is 4.83 Å². The number of rotatable bonds is 3. The Morgan fingerprint density at radius 2 is 2.10 bits per heavy atom. The van der Waals surface area contributed by atoms with Gasteiger partial charge < -0.3 is 5.11 Å². The molecule has 0 bridgehead atoms. The van der Waals surface area contributed by atoms with Crippen molar-refractivity contribution < 1.29 is 9.90 Å². The molecule has 0 aliphatic heterocycles. The third-order valence-electron chi connectivity index (χ3n) is 1.69. The second-order valence-electron chi connectivity index (χ2n) is 2.90. The third-order valence-corrected chi connectivity index (χ3v) is 3.48. The highest BCUT2D eigenvalue weighted by Gasteiger charge is 2.33. The molecule has 1 atom stereocenters. The summed E-state index contributed by atoms with van der Waals surface area (Å²) in [6, 6.07) is 0. The first-order valence-electron chi connectivity index (χ1n) is 3.30. The first-order chi connectivity index (χ1) is 4.42. The predicted octanol–water partition coefficient (Wildman–Crippen LogP) is 2.27. The summed E-state index contributed by atoms with van der Waals surface area (Å²) in [5.74, 6) is -0.753.